The third kappa shape index (κ3) is 3.68. The minimum absolute atomic E-state index is 0.498. The van der Waals surface area contributed by atoms with Gasteiger partial charge in [0, 0.05) is 24.2 Å². The van der Waals surface area contributed by atoms with Crippen LogP contribution in [0.2, 0.25) is 0 Å². The lowest BCUT2D eigenvalue weighted by molar-refractivity contribution is 0.587. The lowest BCUT2D eigenvalue weighted by atomic mass is 10.1. The topological polar surface area (TPSA) is 6.48 Å². The molecule has 0 fully saturated rings. The van der Waals surface area contributed by atoms with Crippen molar-refractivity contribution in [3.8, 4) is 0 Å². The molecule has 0 aliphatic heterocycles. The molecule has 1 aromatic carbocycles. The maximum Gasteiger partial charge on any atom is 0.0608 e. The van der Waals surface area contributed by atoms with E-state index in [0.29, 0.717) is 24.2 Å². The third-order valence-electron chi connectivity index (χ3n) is 3.66. The Bertz CT molecular complexity index is 353. The van der Waals surface area contributed by atoms with Crippen LogP contribution in [-0.4, -0.2) is 24.2 Å². The van der Waals surface area contributed by atoms with Crippen LogP contribution in [0.4, 0.5) is 11.4 Å². The van der Waals surface area contributed by atoms with E-state index in [-0.39, 0.29) is 0 Å². The highest BCUT2D eigenvalue weighted by Gasteiger charge is 2.22. The quantitative estimate of drug-likeness (QED) is 0.726. The number of hydrogen-bond acceptors (Lipinski definition) is 2. The van der Waals surface area contributed by atoms with Crippen LogP contribution in [-0.2, 0) is 0 Å². The van der Waals surface area contributed by atoms with Crippen molar-refractivity contribution >= 4 is 11.4 Å². The molecule has 0 amide bonds. The van der Waals surface area contributed by atoms with Crippen LogP contribution in [0.15, 0.2) is 24.3 Å². The van der Waals surface area contributed by atoms with Crippen LogP contribution >= 0.6 is 0 Å². The van der Waals surface area contributed by atoms with Crippen molar-refractivity contribution in [2.45, 2.75) is 79.6 Å². The second-order valence-electron chi connectivity index (χ2n) is 6.68. The maximum atomic E-state index is 2.51. The first-order valence-corrected chi connectivity index (χ1v) is 7.93. The van der Waals surface area contributed by atoms with Crippen molar-refractivity contribution in [1.82, 2.24) is 0 Å². The van der Waals surface area contributed by atoms with Crippen LogP contribution < -0.4 is 9.80 Å². The van der Waals surface area contributed by atoms with E-state index in [2.05, 4.69) is 89.5 Å². The average Bonchev–Trinajstić information content (AvgIpc) is 2.29. The van der Waals surface area contributed by atoms with E-state index in [1.807, 2.05) is 0 Å². The smallest absolute Gasteiger partial charge is 0.0608 e. The summed E-state index contributed by atoms with van der Waals surface area (Å²) in [5.74, 6) is 0. The Hall–Kier alpha value is -1.18. The number of rotatable bonds is 6. The van der Waals surface area contributed by atoms with Gasteiger partial charge in [0.05, 0.1) is 11.4 Å². The predicted octanol–water partition coefficient (Wildman–Crippen LogP) is 4.93. The molecule has 0 heterocycles. The SMILES string of the molecule is CC(C)N(c1ccccc1N(C(C)C)C(C)C)C(C)C. The van der Waals surface area contributed by atoms with Gasteiger partial charge in [0.1, 0.15) is 0 Å². The molecule has 1 rings (SSSR count). The Labute approximate surface area is 125 Å². The van der Waals surface area contributed by atoms with Crippen LogP contribution in [0.25, 0.3) is 0 Å². The fraction of sp³-hybridized carbons (Fsp3) is 0.667. The molecule has 114 valence electrons. The first kappa shape index (κ1) is 16.9. The second kappa shape index (κ2) is 7.01. The number of nitrogens with zero attached hydrogens (tertiary/aromatic N) is 2. The lowest BCUT2D eigenvalue weighted by Crippen LogP contribution is -2.41. The first-order valence-electron chi connectivity index (χ1n) is 7.93. The molecule has 0 aliphatic rings. The molecule has 0 saturated heterocycles. The molecule has 0 aliphatic carbocycles. The molecule has 0 atom stereocenters. The molecule has 0 unspecified atom stereocenters. The molecular weight excluding hydrogens is 244 g/mol. The monoisotopic (exact) mass is 276 g/mol. The molecule has 2 heteroatoms. The summed E-state index contributed by atoms with van der Waals surface area (Å²) < 4.78 is 0. The van der Waals surface area contributed by atoms with E-state index >= 15 is 0 Å². The van der Waals surface area contributed by atoms with Gasteiger partial charge in [-0.05, 0) is 67.5 Å². The van der Waals surface area contributed by atoms with Gasteiger partial charge in [-0.3, -0.25) is 0 Å². The second-order valence-corrected chi connectivity index (χ2v) is 6.68. The molecular formula is C18H32N2. The largest absolute Gasteiger partial charge is 0.365 e. The van der Waals surface area contributed by atoms with Crippen molar-refractivity contribution in [3.05, 3.63) is 24.3 Å². The standard InChI is InChI=1S/C18H32N2/c1-13(2)19(14(3)4)17-11-9-10-12-18(17)20(15(5)6)16(7)8/h9-16H,1-8H3. The zero-order chi connectivity index (χ0) is 15.4. The van der Waals surface area contributed by atoms with Gasteiger partial charge in [-0.25, -0.2) is 0 Å². The molecule has 0 saturated carbocycles. The van der Waals surface area contributed by atoms with E-state index in [9.17, 15) is 0 Å². The number of hydrogen-bond donors (Lipinski definition) is 0. The fourth-order valence-corrected chi connectivity index (χ4v) is 3.21. The van der Waals surface area contributed by atoms with Crippen molar-refractivity contribution in [2.75, 3.05) is 9.80 Å². The van der Waals surface area contributed by atoms with Crippen LogP contribution in [0.1, 0.15) is 55.4 Å². The Morgan fingerprint density at radius 1 is 0.550 bits per heavy atom. The summed E-state index contributed by atoms with van der Waals surface area (Å²) in [5, 5.41) is 0. The average molecular weight is 276 g/mol. The van der Waals surface area contributed by atoms with E-state index < -0.39 is 0 Å². The normalized spacial score (nSPS) is 11.8. The summed E-state index contributed by atoms with van der Waals surface area (Å²) >= 11 is 0. The predicted molar refractivity (Wildman–Crippen MR) is 91.9 cm³/mol. The highest BCUT2D eigenvalue weighted by Crippen LogP contribution is 2.34. The maximum absolute atomic E-state index is 2.51. The van der Waals surface area contributed by atoms with E-state index in [0.717, 1.165) is 0 Å². The molecule has 2 nitrogen and oxygen atoms in total. The Kier molecular flexibility index (Phi) is 5.91. The van der Waals surface area contributed by atoms with Gasteiger partial charge >= 0.3 is 0 Å². The Balaban J connectivity index is 3.34. The summed E-state index contributed by atoms with van der Waals surface area (Å²) in [6, 6.07) is 10.8. The summed E-state index contributed by atoms with van der Waals surface area (Å²) in [7, 11) is 0. The minimum Gasteiger partial charge on any atom is -0.365 e. The van der Waals surface area contributed by atoms with Gasteiger partial charge < -0.3 is 9.80 Å². The van der Waals surface area contributed by atoms with Gasteiger partial charge in [0.15, 0.2) is 0 Å². The zero-order valence-corrected chi connectivity index (χ0v) is 14.5. The molecule has 0 N–H and O–H groups in total. The highest BCUT2D eigenvalue weighted by molar-refractivity contribution is 5.72. The summed E-state index contributed by atoms with van der Waals surface area (Å²) in [6.45, 7) is 18.2. The van der Waals surface area contributed by atoms with Gasteiger partial charge in [-0.2, -0.15) is 0 Å². The molecule has 0 spiro atoms. The Morgan fingerprint density at radius 3 is 1.00 bits per heavy atom. The summed E-state index contributed by atoms with van der Waals surface area (Å²) in [6.07, 6.45) is 0. The number of para-hydroxylation sites is 2. The fourth-order valence-electron chi connectivity index (χ4n) is 3.21. The summed E-state index contributed by atoms with van der Waals surface area (Å²) in [4.78, 5) is 5.01. The molecule has 1 aromatic rings. The van der Waals surface area contributed by atoms with Crippen molar-refractivity contribution in [3.63, 3.8) is 0 Å². The molecule has 0 bridgehead atoms. The first-order chi connectivity index (χ1) is 9.27. The third-order valence-corrected chi connectivity index (χ3v) is 3.66. The minimum atomic E-state index is 0.498. The lowest BCUT2D eigenvalue weighted by Gasteiger charge is -2.40. The van der Waals surface area contributed by atoms with Gasteiger partial charge in [0.2, 0.25) is 0 Å². The van der Waals surface area contributed by atoms with E-state index in [1.54, 1.807) is 0 Å². The number of anilines is 2. The van der Waals surface area contributed by atoms with E-state index in [1.165, 1.54) is 11.4 Å². The highest BCUT2D eigenvalue weighted by atomic mass is 15.2. The van der Waals surface area contributed by atoms with Crippen molar-refractivity contribution in [1.29, 1.82) is 0 Å². The van der Waals surface area contributed by atoms with Crippen molar-refractivity contribution in [2.24, 2.45) is 0 Å². The molecule has 0 aromatic heterocycles. The van der Waals surface area contributed by atoms with Crippen LogP contribution in [0, 0.1) is 0 Å². The summed E-state index contributed by atoms with van der Waals surface area (Å²) in [5.41, 5.74) is 2.69. The molecule has 0 radical (unpaired) electrons. The van der Waals surface area contributed by atoms with E-state index in [4.69, 9.17) is 0 Å². The Morgan fingerprint density at radius 2 is 0.800 bits per heavy atom. The molecule has 20 heavy (non-hydrogen) atoms. The van der Waals surface area contributed by atoms with Gasteiger partial charge in [-0.15, -0.1) is 0 Å². The van der Waals surface area contributed by atoms with Crippen LogP contribution in [0.5, 0.6) is 0 Å². The zero-order valence-electron chi connectivity index (χ0n) is 14.5. The van der Waals surface area contributed by atoms with Gasteiger partial charge in [0.25, 0.3) is 0 Å². The van der Waals surface area contributed by atoms with Gasteiger partial charge in [-0.1, -0.05) is 12.1 Å². The number of benzene rings is 1. The van der Waals surface area contributed by atoms with Crippen LogP contribution in [0.3, 0.4) is 0 Å². The van der Waals surface area contributed by atoms with Crippen molar-refractivity contribution < 1.29 is 0 Å².